The second-order valence-electron chi connectivity index (χ2n) is 3.46. The number of aromatic amines is 1. The van der Waals surface area contributed by atoms with Crippen LogP contribution in [-0.4, -0.2) is 21.1 Å². The molecule has 1 aromatic carbocycles. The Morgan fingerprint density at radius 2 is 2.29 bits per heavy atom. The minimum Gasteiger partial charge on any atom is -0.366 e. The van der Waals surface area contributed by atoms with Crippen LogP contribution in [0.5, 0.6) is 0 Å². The number of nitrogens with zero attached hydrogens (tertiary/aromatic N) is 2. The highest BCUT2D eigenvalue weighted by atomic mass is 35.5. The highest BCUT2D eigenvalue weighted by Gasteiger charge is 2.11. The molecule has 88 valence electrons. The van der Waals surface area contributed by atoms with E-state index < -0.39 is 5.91 Å². The molecule has 0 saturated carbocycles. The molecule has 4 N–H and O–H groups in total. The van der Waals surface area contributed by atoms with Crippen LogP contribution in [0.15, 0.2) is 18.2 Å². The van der Waals surface area contributed by atoms with Gasteiger partial charge in [0.25, 0.3) is 5.91 Å². The van der Waals surface area contributed by atoms with Crippen LogP contribution in [-0.2, 0) is 0 Å². The molecular formula is C10H10ClN5O. The monoisotopic (exact) mass is 251 g/mol. The van der Waals surface area contributed by atoms with E-state index in [-0.39, 0.29) is 11.8 Å². The van der Waals surface area contributed by atoms with Gasteiger partial charge in [0.2, 0.25) is 11.8 Å². The van der Waals surface area contributed by atoms with Crippen LogP contribution in [0.3, 0.4) is 0 Å². The zero-order chi connectivity index (χ0) is 12.4. The number of aryl methyl sites for hydroxylation is 1. The molecule has 1 heterocycles. The molecule has 0 aliphatic carbocycles. The lowest BCUT2D eigenvalue weighted by Crippen LogP contribution is -2.13. The number of hydrogen-bond acceptors (Lipinski definition) is 4. The third-order valence-electron chi connectivity index (χ3n) is 2.15. The lowest BCUT2D eigenvalue weighted by Gasteiger charge is -2.04. The summed E-state index contributed by atoms with van der Waals surface area (Å²) in [5.41, 5.74) is 6.82. The van der Waals surface area contributed by atoms with Gasteiger partial charge in [0.05, 0.1) is 0 Å². The molecule has 0 aliphatic heterocycles. The number of nitrogen functional groups attached to an aromatic ring is 1. The molecule has 0 atom stereocenters. The summed E-state index contributed by atoms with van der Waals surface area (Å²) in [5.74, 6) is -0.342. The maximum atomic E-state index is 11.7. The van der Waals surface area contributed by atoms with Gasteiger partial charge in [0, 0.05) is 10.7 Å². The van der Waals surface area contributed by atoms with Crippen LogP contribution >= 0.6 is 11.6 Å². The summed E-state index contributed by atoms with van der Waals surface area (Å²) < 4.78 is 0. The van der Waals surface area contributed by atoms with Gasteiger partial charge in [-0.05, 0) is 24.6 Å². The van der Waals surface area contributed by atoms with Crippen molar-refractivity contribution in [3.63, 3.8) is 0 Å². The Morgan fingerprint density at radius 3 is 2.88 bits per heavy atom. The second-order valence-corrected chi connectivity index (χ2v) is 3.87. The summed E-state index contributed by atoms with van der Waals surface area (Å²) in [6.07, 6.45) is 0. The maximum absolute atomic E-state index is 11.7. The number of aromatic nitrogens is 3. The fourth-order valence-corrected chi connectivity index (χ4v) is 1.42. The molecule has 0 saturated heterocycles. The van der Waals surface area contributed by atoms with Crippen molar-refractivity contribution in [3.8, 4) is 0 Å². The SMILES string of the molecule is Cc1ccc(NC(=O)c2nc(N)n[nH]2)cc1Cl. The summed E-state index contributed by atoms with van der Waals surface area (Å²) in [7, 11) is 0. The first-order valence-corrected chi connectivity index (χ1v) is 5.19. The molecule has 1 amide bonds. The van der Waals surface area contributed by atoms with E-state index in [1.54, 1.807) is 12.1 Å². The van der Waals surface area contributed by atoms with E-state index in [1.165, 1.54) is 0 Å². The zero-order valence-corrected chi connectivity index (χ0v) is 9.75. The Labute approximate surface area is 102 Å². The number of rotatable bonds is 2. The molecule has 0 unspecified atom stereocenters. The Morgan fingerprint density at radius 1 is 1.53 bits per heavy atom. The number of carbonyl (C=O) groups excluding carboxylic acids is 1. The number of H-pyrrole nitrogens is 1. The maximum Gasteiger partial charge on any atom is 0.293 e. The first kappa shape index (κ1) is 11.4. The summed E-state index contributed by atoms with van der Waals surface area (Å²) in [6, 6.07) is 5.22. The van der Waals surface area contributed by atoms with Crippen molar-refractivity contribution in [1.29, 1.82) is 0 Å². The van der Waals surface area contributed by atoms with Crippen molar-refractivity contribution in [1.82, 2.24) is 15.2 Å². The van der Waals surface area contributed by atoms with Gasteiger partial charge in [-0.3, -0.25) is 9.89 Å². The van der Waals surface area contributed by atoms with Gasteiger partial charge < -0.3 is 11.1 Å². The second kappa shape index (κ2) is 4.42. The van der Waals surface area contributed by atoms with E-state index in [0.717, 1.165) is 5.56 Å². The van der Waals surface area contributed by atoms with Gasteiger partial charge in [-0.2, -0.15) is 4.98 Å². The quantitative estimate of drug-likeness (QED) is 0.755. The standard InChI is InChI=1S/C10H10ClN5O/c1-5-2-3-6(4-7(5)11)13-9(17)8-14-10(12)16-15-8/h2-4H,1H3,(H,13,17)(H3,12,14,15,16). The highest BCUT2D eigenvalue weighted by molar-refractivity contribution is 6.31. The van der Waals surface area contributed by atoms with E-state index in [2.05, 4.69) is 20.5 Å². The van der Waals surface area contributed by atoms with E-state index >= 15 is 0 Å². The van der Waals surface area contributed by atoms with Crippen LogP contribution in [0, 0.1) is 6.92 Å². The summed E-state index contributed by atoms with van der Waals surface area (Å²) in [5, 5.41) is 9.20. The molecule has 1 aromatic heterocycles. The largest absolute Gasteiger partial charge is 0.366 e. The van der Waals surface area contributed by atoms with Crippen molar-refractivity contribution < 1.29 is 4.79 Å². The van der Waals surface area contributed by atoms with Gasteiger partial charge in [-0.15, -0.1) is 5.10 Å². The molecule has 7 heteroatoms. The average molecular weight is 252 g/mol. The van der Waals surface area contributed by atoms with Crippen LogP contribution in [0.2, 0.25) is 5.02 Å². The van der Waals surface area contributed by atoms with Crippen molar-refractivity contribution >= 4 is 29.1 Å². The van der Waals surface area contributed by atoms with E-state index in [1.807, 2.05) is 13.0 Å². The third kappa shape index (κ3) is 2.54. The normalized spacial score (nSPS) is 10.2. The molecule has 2 aromatic rings. The lowest BCUT2D eigenvalue weighted by atomic mass is 10.2. The molecule has 17 heavy (non-hydrogen) atoms. The molecule has 0 radical (unpaired) electrons. The average Bonchev–Trinajstić information content (AvgIpc) is 2.70. The minimum absolute atomic E-state index is 0.0251. The number of amides is 1. The molecule has 0 spiro atoms. The number of nitrogens with one attached hydrogen (secondary N) is 2. The topological polar surface area (TPSA) is 96.7 Å². The summed E-state index contributed by atoms with van der Waals surface area (Å²) in [4.78, 5) is 15.4. The zero-order valence-electron chi connectivity index (χ0n) is 8.99. The first-order chi connectivity index (χ1) is 8.06. The summed E-state index contributed by atoms with van der Waals surface area (Å²) in [6.45, 7) is 1.88. The van der Waals surface area contributed by atoms with Crippen molar-refractivity contribution in [2.75, 3.05) is 11.1 Å². The van der Waals surface area contributed by atoms with Crippen molar-refractivity contribution in [2.24, 2.45) is 0 Å². The number of carbonyl (C=O) groups is 1. The number of halogens is 1. The molecule has 6 nitrogen and oxygen atoms in total. The smallest absolute Gasteiger partial charge is 0.293 e. The Hall–Kier alpha value is -2.08. The lowest BCUT2D eigenvalue weighted by molar-refractivity contribution is 0.101. The molecule has 2 rings (SSSR count). The number of benzene rings is 1. The van der Waals surface area contributed by atoms with Gasteiger partial charge in [-0.1, -0.05) is 17.7 Å². The third-order valence-corrected chi connectivity index (χ3v) is 2.55. The van der Waals surface area contributed by atoms with Crippen LogP contribution < -0.4 is 11.1 Å². The molecule has 0 fully saturated rings. The molecule has 0 bridgehead atoms. The predicted molar refractivity (Wildman–Crippen MR) is 64.9 cm³/mol. The van der Waals surface area contributed by atoms with E-state index in [4.69, 9.17) is 17.3 Å². The predicted octanol–water partition coefficient (Wildman–Crippen LogP) is 1.60. The van der Waals surface area contributed by atoms with Gasteiger partial charge in [0.1, 0.15) is 0 Å². The van der Waals surface area contributed by atoms with E-state index in [0.29, 0.717) is 10.7 Å². The van der Waals surface area contributed by atoms with E-state index in [9.17, 15) is 4.79 Å². The van der Waals surface area contributed by atoms with Crippen molar-refractivity contribution in [2.45, 2.75) is 6.92 Å². The minimum atomic E-state index is -0.422. The Kier molecular flexibility index (Phi) is 2.97. The highest BCUT2D eigenvalue weighted by Crippen LogP contribution is 2.20. The number of anilines is 2. The number of nitrogens with two attached hydrogens (primary N) is 1. The Balaban J connectivity index is 2.15. The van der Waals surface area contributed by atoms with Crippen LogP contribution in [0.25, 0.3) is 0 Å². The van der Waals surface area contributed by atoms with Crippen LogP contribution in [0.1, 0.15) is 16.2 Å². The van der Waals surface area contributed by atoms with Gasteiger partial charge in [-0.25, -0.2) is 0 Å². The first-order valence-electron chi connectivity index (χ1n) is 4.81. The van der Waals surface area contributed by atoms with Gasteiger partial charge in [0.15, 0.2) is 0 Å². The number of hydrogen-bond donors (Lipinski definition) is 3. The van der Waals surface area contributed by atoms with Crippen LogP contribution in [0.4, 0.5) is 11.6 Å². The molecular weight excluding hydrogens is 242 g/mol. The summed E-state index contributed by atoms with van der Waals surface area (Å²) >= 11 is 5.94. The molecule has 0 aliphatic rings. The fraction of sp³-hybridized carbons (Fsp3) is 0.100. The fourth-order valence-electron chi connectivity index (χ4n) is 1.24. The van der Waals surface area contributed by atoms with Gasteiger partial charge >= 0.3 is 0 Å². The van der Waals surface area contributed by atoms with Crippen molar-refractivity contribution in [3.05, 3.63) is 34.6 Å². The Bertz CT molecular complexity index is 566.